The number of halogens is 1. The van der Waals surface area contributed by atoms with Crippen molar-refractivity contribution in [2.24, 2.45) is 5.92 Å². The molecule has 1 saturated carbocycles. The average Bonchev–Trinajstić information content (AvgIpc) is 3.24. The molecule has 1 aromatic carbocycles. The van der Waals surface area contributed by atoms with Gasteiger partial charge in [-0.1, -0.05) is 36.9 Å². The van der Waals surface area contributed by atoms with E-state index in [9.17, 15) is 9.59 Å². The first kappa shape index (κ1) is 21.2. The lowest BCUT2D eigenvalue weighted by Gasteiger charge is -2.35. The van der Waals surface area contributed by atoms with Crippen LogP contribution in [0.2, 0.25) is 5.02 Å². The molecule has 0 spiro atoms. The standard InChI is InChI=1S/C23H26ClN3O2S/c24-19-10-8-17(9-11-19)22(29)27-20(15-30-23(27)18-6-2-1-3-7-18)21(28)26-14-16-5-4-12-25-13-16/h4-5,8-13,18,20,23H,1-3,6-7,14-15H2,(H,26,28). The van der Waals surface area contributed by atoms with Crippen molar-refractivity contribution in [3.63, 3.8) is 0 Å². The number of aromatic nitrogens is 1. The predicted octanol–water partition coefficient (Wildman–Crippen LogP) is 4.52. The van der Waals surface area contributed by atoms with Crippen LogP contribution in [0.1, 0.15) is 48.0 Å². The van der Waals surface area contributed by atoms with E-state index >= 15 is 0 Å². The Bertz CT molecular complexity index is 872. The van der Waals surface area contributed by atoms with Gasteiger partial charge in [0.2, 0.25) is 5.91 Å². The summed E-state index contributed by atoms with van der Waals surface area (Å²) in [5.74, 6) is 0.871. The van der Waals surface area contributed by atoms with Gasteiger partial charge in [0.1, 0.15) is 6.04 Å². The lowest BCUT2D eigenvalue weighted by Crippen LogP contribution is -2.51. The minimum atomic E-state index is -0.471. The predicted molar refractivity (Wildman–Crippen MR) is 120 cm³/mol. The summed E-state index contributed by atoms with van der Waals surface area (Å²) in [5, 5.41) is 3.64. The minimum absolute atomic E-state index is 0.0441. The van der Waals surface area contributed by atoms with Gasteiger partial charge in [-0.2, -0.15) is 0 Å². The smallest absolute Gasteiger partial charge is 0.255 e. The molecule has 2 atom stereocenters. The molecule has 30 heavy (non-hydrogen) atoms. The third-order valence-corrected chi connectivity index (χ3v) is 7.62. The highest BCUT2D eigenvalue weighted by atomic mass is 35.5. The Morgan fingerprint density at radius 2 is 1.90 bits per heavy atom. The van der Waals surface area contributed by atoms with Crippen molar-refractivity contribution < 1.29 is 9.59 Å². The van der Waals surface area contributed by atoms with E-state index in [1.165, 1.54) is 19.3 Å². The molecule has 0 bridgehead atoms. The van der Waals surface area contributed by atoms with Gasteiger partial charge in [0.25, 0.3) is 5.91 Å². The van der Waals surface area contributed by atoms with E-state index in [1.807, 2.05) is 17.0 Å². The Hall–Kier alpha value is -2.05. The van der Waals surface area contributed by atoms with Crippen molar-refractivity contribution in [3.05, 3.63) is 64.9 Å². The number of nitrogens with one attached hydrogen (secondary N) is 1. The van der Waals surface area contributed by atoms with E-state index in [2.05, 4.69) is 10.3 Å². The first-order valence-corrected chi connectivity index (χ1v) is 11.9. The molecule has 0 radical (unpaired) electrons. The van der Waals surface area contributed by atoms with Gasteiger partial charge < -0.3 is 10.2 Å². The Morgan fingerprint density at radius 1 is 1.13 bits per heavy atom. The first-order chi connectivity index (χ1) is 14.6. The zero-order chi connectivity index (χ0) is 20.9. The number of hydrogen-bond donors (Lipinski definition) is 1. The largest absolute Gasteiger partial charge is 0.350 e. The second kappa shape index (κ2) is 9.84. The molecule has 158 valence electrons. The number of rotatable bonds is 5. The van der Waals surface area contributed by atoms with Crippen LogP contribution in [0.25, 0.3) is 0 Å². The number of benzene rings is 1. The summed E-state index contributed by atoms with van der Waals surface area (Å²) < 4.78 is 0. The number of pyridine rings is 1. The molecule has 1 saturated heterocycles. The highest BCUT2D eigenvalue weighted by molar-refractivity contribution is 8.00. The molecule has 2 fully saturated rings. The third-order valence-electron chi connectivity index (χ3n) is 5.91. The molecular formula is C23H26ClN3O2S. The number of carbonyl (C=O) groups is 2. The highest BCUT2D eigenvalue weighted by Gasteiger charge is 2.45. The second-order valence-electron chi connectivity index (χ2n) is 7.94. The summed E-state index contributed by atoms with van der Waals surface area (Å²) in [6.07, 6.45) is 9.34. The molecule has 2 aromatic rings. The van der Waals surface area contributed by atoms with E-state index in [-0.39, 0.29) is 17.2 Å². The summed E-state index contributed by atoms with van der Waals surface area (Å²) in [6, 6.07) is 10.3. The highest BCUT2D eigenvalue weighted by Crippen LogP contribution is 2.41. The zero-order valence-electron chi connectivity index (χ0n) is 16.8. The number of nitrogens with zero attached hydrogens (tertiary/aromatic N) is 2. The van der Waals surface area contributed by atoms with Gasteiger partial charge in [0.05, 0.1) is 5.37 Å². The fourth-order valence-electron chi connectivity index (χ4n) is 4.32. The Balaban J connectivity index is 1.53. The summed E-state index contributed by atoms with van der Waals surface area (Å²) in [6.45, 7) is 0.408. The van der Waals surface area contributed by atoms with Crippen molar-refractivity contribution in [2.45, 2.75) is 50.1 Å². The molecule has 2 amide bonds. The lowest BCUT2D eigenvalue weighted by atomic mass is 9.88. The summed E-state index contributed by atoms with van der Waals surface area (Å²) in [7, 11) is 0. The van der Waals surface area contributed by atoms with Crippen molar-refractivity contribution in [1.82, 2.24) is 15.2 Å². The van der Waals surface area contributed by atoms with Crippen molar-refractivity contribution in [3.8, 4) is 0 Å². The first-order valence-electron chi connectivity index (χ1n) is 10.5. The second-order valence-corrected chi connectivity index (χ2v) is 9.52. The molecule has 1 aliphatic heterocycles. The van der Waals surface area contributed by atoms with Crippen molar-refractivity contribution in [1.29, 1.82) is 0 Å². The molecule has 2 heterocycles. The molecule has 2 aliphatic rings. The van der Waals surface area contributed by atoms with Crippen LogP contribution >= 0.6 is 23.4 Å². The van der Waals surface area contributed by atoms with E-state index in [1.54, 1.807) is 48.4 Å². The van der Waals surface area contributed by atoms with Crippen LogP contribution in [-0.2, 0) is 11.3 Å². The Kier molecular flexibility index (Phi) is 6.95. The molecule has 1 N–H and O–H groups in total. The maximum atomic E-state index is 13.5. The molecule has 1 aromatic heterocycles. The van der Waals surface area contributed by atoms with Crippen molar-refractivity contribution >= 4 is 35.2 Å². The van der Waals surface area contributed by atoms with Crippen LogP contribution in [0.3, 0.4) is 0 Å². The van der Waals surface area contributed by atoms with E-state index in [0.717, 1.165) is 18.4 Å². The van der Waals surface area contributed by atoms with Crippen molar-refractivity contribution in [2.75, 3.05) is 5.75 Å². The van der Waals surface area contributed by atoms with Crippen LogP contribution in [0.15, 0.2) is 48.8 Å². The maximum absolute atomic E-state index is 13.5. The van der Waals surface area contributed by atoms with Gasteiger partial charge >= 0.3 is 0 Å². The zero-order valence-corrected chi connectivity index (χ0v) is 18.4. The summed E-state index contributed by atoms with van der Waals surface area (Å²) >= 11 is 7.75. The maximum Gasteiger partial charge on any atom is 0.255 e. The molecule has 5 nitrogen and oxygen atoms in total. The molecule has 1 aliphatic carbocycles. The topological polar surface area (TPSA) is 62.3 Å². The fourth-order valence-corrected chi connectivity index (χ4v) is 6.09. The normalized spacial score (nSPS) is 22.1. The Morgan fingerprint density at radius 3 is 2.60 bits per heavy atom. The molecule has 7 heteroatoms. The van der Waals surface area contributed by atoms with E-state index in [4.69, 9.17) is 11.6 Å². The van der Waals surface area contributed by atoms with Crippen LogP contribution in [-0.4, -0.2) is 38.9 Å². The molecule has 4 rings (SSSR count). The number of amides is 2. The monoisotopic (exact) mass is 443 g/mol. The Labute approximate surface area is 186 Å². The quantitative estimate of drug-likeness (QED) is 0.738. The van der Waals surface area contributed by atoms with Crippen LogP contribution in [0.5, 0.6) is 0 Å². The third kappa shape index (κ3) is 4.81. The van der Waals surface area contributed by atoms with E-state index < -0.39 is 6.04 Å². The van der Waals surface area contributed by atoms with E-state index in [0.29, 0.717) is 28.8 Å². The average molecular weight is 444 g/mol. The van der Waals surface area contributed by atoms with Gasteiger partial charge in [-0.3, -0.25) is 14.6 Å². The molecule has 2 unspecified atom stereocenters. The van der Waals surface area contributed by atoms with Crippen LogP contribution in [0, 0.1) is 5.92 Å². The summed E-state index contributed by atoms with van der Waals surface area (Å²) in [4.78, 5) is 32.5. The SMILES string of the molecule is O=C(NCc1cccnc1)C1CSC(C2CCCCC2)N1C(=O)c1ccc(Cl)cc1. The van der Waals surface area contributed by atoms with Gasteiger partial charge in [-0.05, 0) is 54.7 Å². The molecular weight excluding hydrogens is 418 g/mol. The minimum Gasteiger partial charge on any atom is -0.350 e. The summed E-state index contributed by atoms with van der Waals surface area (Å²) in [5.41, 5.74) is 1.52. The number of thioether (sulfide) groups is 1. The van der Waals surface area contributed by atoms with Gasteiger partial charge in [-0.25, -0.2) is 0 Å². The van der Waals surface area contributed by atoms with Gasteiger partial charge in [-0.15, -0.1) is 11.8 Å². The fraction of sp³-hybridized carbons (Fsp3) is 0.435. The van der Waals surface area contributed by atoms with Gasteiger partial charge in [0.15, 0.2) is 0 Å². The van der Waals surface area contributed by atoms with Gasteiger partial charge in [0, 0.05) is 35.3 Å². The van der Waals surface area contributed by atoms with Crippen LogP contribution in [0.4, 0.5) is 0 Å². The lowest BCUT2D eigenvalue weighted by molar-refractivity contribution is -0.125. The number of carbonyl (C=O) groups excluding carboxylic acids is 2. The number of hydrogen-bond acceptors (Lipinski definition) is 4. The van der Waals surface area contributed by atoms with Crippen LogP contribution < -0.4 is 5.32 Å².